The maximum atomic E-state index is 12.1. The lowest BCUT2D eigenvalue weighted by molar-refractivity contribution is -0.127. The molecule has 4 heteroatoms. The predicted octanol–water partition coefficient (Wildman–Crippen LogP) is 1.60. The average molecular weight is 233 g/mol. The molecule has 1 saturated heterocycles. The smallest absolute Gasteiger partial charge is 0.242 e. The van der Waals surface area contributed by atoms with Crippen LogP contribution >= 0.6 is 0 Å². The molecule has 92 valence electrons. The number of amides is 1. The van der Waals surface area contributed by atoms with Gasteiger partial charge in [-0.05, 0) is 24.5 Å². The minimum absolute atomic E-state index is 0.0284. The molecule has 2 rings (SSSR count). The Morgan fingerprint density at radius 1 is 1.35 bits per heavy atom. The molecule has 2 N–H and O–H groups in total. The number of nitrogens with one attached hydrogen (secondary N) is 2. The lowest BCUT2D eigenvalue weighted by Crippen LogP contribution is -2.53. The minimum Gasteiger partial charge on any atom is -0.334 e. The summed E-state index contributed by atoms with van der Waals surface area (Å²) in [6, 6.07) is 5.69. The van der Waals surface area contributed by atoms with Crippen LogP contribution in [0.5, 0.6) is 0 Å². The first-order valence-electron chi connectivity index (χ1n) is 5.84. The van der Waals surface area contributed by atoms with Crippen molar-refractivity contribution < 1.29 is 4.79 Å². The Labute approximate surface area is 102 Å². The van der Waals surface area contributed by atoms with E-state index in [2.05, 4.69) is 36.4 Å². The van der Waals surface area contributed by atoms with Gasteiger partial charge in [0.1, 0.15) is 11.7 Å². The van der Waals surface area contributed by atoms with E-state index in [0.29, 0.717) is 0 Å². The van der Waals surface area contributed by atoms with Gasteiger partial charge in [0.15, 0.2) is 0 Å². The highest BCUT2D eigenvalue weighted by atomic mass is 16.2. The summed E-state index contributed by atoms with van der Waals surface area (Å²) in [7, 11) is 0. The lowest BCUT2D eigenvalue weighted by Gasteiger charge is -2.36. The minimum atomic E-state index is -0.574. The van der Waals surface area contributed by atoms with Crippen LogP contribution in [0.4, 0.5) is 0 Å². The van der Waals surface area contributed by atoms with Crippen molar-refractivity contribution in [3.8, 4) is 0 Å². The SMILES string of the molecule is CC(C)(C)[C@]1(C)N[C@@H](c2ccccn2)NC1=O. The maximum Gasteiger partial charge on any atom is 0.242 e. The Balaban J connectivity index is 2.27. The zero-order chi connectivity index (χ0) is 12.7. The number of hydrogen-bond donors (Lipinski definition) is 2. The fourth-order valence-corrected chi connectivity index (χ4v) is 1.92. The van der Waals surface area contributed by atoms with Crippen LogP contribution in [0.15, 0.2) is 24.4 Å². The topological polar surface area (TPSA) is 54.0 Å². The van der Waals surface area contributed by atoms with Crippen LogP contribution in [0, 0.1) is 5.41 Å². The quantitative estimate of drug-likeness (QED) is 0.774. The molecule has 4 nitrogen and oxygen atoms in total. The summed E-state index contributed by atoms with van der Waals surface area (Å²) in [5.41, 5.74) is 0.115. The first kappa shape index (κ1) is 12.0. The van der Waals surface area contributed by atoms with E-state index >= 15 is 0 Å². The number of carbonyl (C=O) groups excluding carboxylic acids is 1. The molecule has 0 radical (unpaired) electrons. The van der Waals surface area contributed by atoms with Crippen LogP contribution in [-0.2, 0) is 4.79 Å². The second-order valence-corrected chi connectivity index (χ2v) is 5.68. The lowest BCUT2D eigenvalue weighted by atomic mass is 9.75. The van der Waals surface area contributed by atoms with Crippen molar-refractivity contribution in [2.45, 2.75) is 39.4 Å². The first-order chi connectivity index (χ1) is 7.84. The van der Waals surface area contributed by atoms with Gasteiger partial charge < -0.3 is 5.32 Å². The number of nitrogens with zero attached hydrogens (tertiary/aromatic N) is 1. The molecule has 0 unspecified atom stereocenters. The van der Waals surface area contributed by atoms with E-state index in [-0.39, 0.29) is 17.5 Å². The molecule has 1 fully saturated rings. The largest absolute Gasteiger partial charge is 0.334 e. The van der Waals surface area contributed by atoms with Gasteiger partial charge in [0.25, 0.3) is 0 Å². The van der Waals surface area contributed by atoms with Gasteiger partial charge in [-0.2, -0.15) is 0 Å². The number of aromatic nitrogens is 1. The van der Waals surface area contributed by atoms with E-state index in [4.69, 9.17) is 0 Å². The van der Waals surface area contributed by atoms with Gasteiger partial charge in [-0.15, -0.1) is 0 Å². The highest BCUT2D eigenvalue weighted by Crippen LogP contribution is 2.35. The molecule has 1 aromatic rings. The Bertz CT molecular complexity index is 424. The maximum absolute atomic E-state index is 12.1. The summed E-state index contributed by atoms with van der Waals surface area (Å²) >= 11 is 0. The molecule has 17 heavy (non-hydrogen) atoms. The summed E-state index contributed by atoms with van der Waals surface area (Å²) in [4.78, 5) is 16.4. The molecule has 0 bridgehead atoms. The van der Waals surface area contributed by atoms with Crippen molar-refractivity contribution in [3.05, 3.63) is 30.1 Å². The predicted molar refractivity (Wildman–Crippen MR) is 66.1 cm³/mol. The number of pyridine rings is 1. The number of rotatable bonds is 1. The molecule has 1 aliphatic heterocycles. The fourth-order valence-electron chi connectivity index (χ4n) is 1.92. The van der Waals surface area contributed by atoms with Gasteiger partial charge >= 0.3 is 0 Å². The molecule has 0 aromatic carbocycles. The van der Waals surface area contributed by atoms with Crippen LogP contribution < -0.4 is 10.6 Å². The van der Waals surface area contributed by atoms with E-state index in [0.717, 1.165) is 5.69 Å². The van der Waals surface area contributed by atoms with Crippen molar-refractivity contribution in [2.24, 2.45) is 5.41 Å². The summed E-state index contributed by atoms with van der Waals surface area (Å²) in [5.74, 6) is 0.0284. The first-order valence-corrected chi connectivity index (χ1v) is 5.84. The average Bonchev–Trinajstić information content (AvgIpc) is 2.57. The van der Waals surface area contributed by atoms with E-state index in [1.165, 1.54) is 0 Å². The molecular weight excluding hydrogens is 214 g/mol. The Hall–Kier alpha value is -1.42. The highest BCUT2D eigenvalue weighted by Gasteiger charge is 2.50. The van der Waals surface area contributed by atoms with Crippen LogP contribution in [0.3, 0.4) is 0 Å². The fraction of sp³-hybridized carbons (Fsp3) is 0.538. The van der Waals surface area contributed by atoms with Crippen molar-refractivity contribution in [1.82, 2.24) is 15.6 Å². The highest BCUT2D eigenvalue weighted by molar-refractivity contribution is 5.89. The molecular formula is C13H19N3O. The van der Waals surface area contributed by atoms with Gasteiger partial charge in [0, 0.05) is 6.20 Å². The summed E-state index contributed by atoms with van der Waals surface area (Å²) in [6.07, 6.45) is 1.53. The van der Waals surface area contributed by atoms with Gasteiger partial charge in [0.2, 0.25) is 5.91 Å². The van der Waals surface area contributed by atoms with E-state index < -0.39 is 5.54 Å². The Kier molecular flexibility index (Phi) is 2.70. The van der Waals surface area contributed by atoms with Gasteiger partial charge in [-0.25, -0.2) is 0 Å². The zero-order valence-electron chi connectivity index (χ0n) is 10.7. The third-order valence-electron chi connectivity index (χ3n) is 3.65. The van der Waals surface area contributed by atoms with Crippen LogP contribution in [0.2, 0.25) is 0 Å². The summed E-state index contributed by atoms with van der Waals surface area (Å²) in [5, 5.41) is 6.30. The Morgan fingerprint density at radius 3 is 2.53 bits per heavy atom. The van der Waals surface area contributed by atoms with Crippen LogP contribution in [-0.4, -0.2) is 16.4 Å². The third-order valence-corrected chi connectivity index (χ3v) is 3.65. The number of carbonyl (C=O) groups is 1. The molecule has 0 aliphatic carbocycles. The third kappa shape index (κ3) is 1.93. The number of hydrogen-bond acceptors (Lipinski definition) is 3. The van der Waals surface area contributed by atoms with Crippen molar-refractivity contribution >= 4 is 5.91 Å². The second kappa shape index (κ2) is 3.81. The second-order valence-electron chi connectivity index (χ2n) is 5.68. The Morgan fingerprint density at radius 2 is 2.06 bits per heavy atom. The molecule has 0 saturated carbocycles. The zero-order valence-corrected chi connectivity index (χ0v) is 10.7. The van der Waals surface area contributed by atoms with Gasteiger partial charge in [-0.1, -0.05) is 26.8 Å². The molecule has 1 aliphatic rings. The molecule has 0 spiro atoms. The normalized spacial score (nSPS) is 29.2. The monoisotopic (exact) mass is 233 g/mol. The van der Waals surface area contributed by atoms with Crippen molar-refractivity contribution in [3.63, 3.8) is 0 Å². The van der Waals surface area contributed by atoms with Gasteiger partial charge in [0.05, 0.1) is 5.69 Å². The van der Waals surface area contributed by atoms with Crippen molar-refractivity contribution in [2.75, 3.05) is 0 Å². The van der Waals surface area contributed by atoms with Gasteiger partial charge in [-0.3, -0.25) is 15.1 Å². The molecule has 2 heterocycles. The molecule has 2 atom stereocenters. The summed E-state index contributed by atoms with van der Waals surface area (Å²) in [6.45, 7) is 8.10. The van der Waals surface area contributed by atoms with Crippen molar-refractivity contribution in [1.29, 1.82) is 0 Å². The standard InChI is InChI=1S/C13H19N3O/c1-12(2,3)13(4)11(17)15-10(16-13)9-7-5-6-8-14-9/h5-8,10,16H,1-4H3,(H,15,17)/t10-,13+/m0/s1. The van der Waals surface area contributed by atoms with Crippen LogP contribution in [0.25, 0.3) is 0 Å². The van der Waals surface area contributed by atoms with Crippen LogP contribution in [0.1, 0.15) is 39.6 Å². The van der Waals surface area contributed by atoms with E-state index in [1.807, 2.05) is 25.1 Å². The molecule has 1 amide bonds. The summed E-state index contributed by atoms with van der Waals surface area (Å²) < 4.78 is 0. The van der Waals surface area contributed by atoms with E-state index in [1.54, 1.807) is 6.20 Å². The molecule has 1 aromatic heterocycles. The van der Waals surface area contributed by atoms with E-state index in [9.17, 15) is 4.79 Å².